The molecule has 4 N–H and O–H groups in total. The highest BCUT2D eigenvalue weighted by atomic mass is 32.2. The number of piperazine rings is 1. The molecule has 3 aliphatic heterocycles. The number of aryl methyl sites for hydroxylation is 1. The number of carbonyl (C=O) groups is 7. The molecule has 7 amide bonds. The summed E-state index contributed by atoms with van der Waals surface area (Å²) >= 11 is 2.49. The molecular formula is C29H36N10O9S2. The number of carbonyl (C=O) groups excluding carboxylic acids is 6. The van der Waals surface area contributed by atoms with Gasteiger partial charge in [0.05, 0.1) is 0 Å². The van der Waals surface area contributed by atoms with Crippen molar-refractivity contribution in [2.45, 2.75) is 36.5 Å². The molecule has 2 fully saturated rings. The summed E-state index contributed by atoms with van der Waals surface area (Å²) in [5.41, 5.74) is 0.536. The van der Waals surface area contributed by atoms with Crippen LogP contribution in [-0.2, 0) is 35.8 Å². The number of benzene rings is 1. The second kappa shape index (κ2) is 16.0. The number of nitrogens with zero attached hydrogens (tertiary/aromatic N) is 8. The van der Waals surface area contributed by atoms with Crippen molar-refractivity contribution in [3.8, 4) is 5.75 Å². The van der Waals surface area contributed by atoms with Gasteiger partial charge in [-0.05, 0) is 40.6 Å². The van der Waals surface area contributed by atoms with Gasteiger partial charge in [0, 0.05) is 59.2 Å². The maximum absolute atomic E-state index is 13.6. The SMILES string of the molecule is CC(=O)N(C)C.CCN1CCN(C(=O)N[C@@H](C(=O)N[C@@H]2C(=O)N3C(C(=O)O)=C(CSc4nnnn4C)CS[C@H]23)c2ccc(O)cc2)C(=O)C1=O. The summed E-state index contributed by atoms with van der Waals surface area (Å²) in [6.45, 7) is 3.57. The van der Waals surface area contributed by atoms with Gasteiger partial charge in [0.25, 0.3) is 5.91 Å². The first-order chi connectivity index (χ1) is 23.7. The molecule has 0 radical (unpaired) electrons. The average molecular weight is 733 g/mol. The van der Waals surface area contributed by atoms with Gasteiger partial charge in [0.2, 0.25) is 17.0 Å². The molecule has 0 bridgehead atoms. The molecule has 0 unspecified atom stereocenters. The Kier molecular flexibility index (Phi) is 12.1. The second-order valence-corrected chi connectivity index (χ2v) is 13.3. The Balaban J connectivity index is 0.000000860. The Morgan fingerprint density at radius 2 is 1.76 bits per heavy atom. The summed E-state index contributed by atoms with van der Waals surface area (Å²) in [6.07, 6.45) is 0. The molecule has 50 heavy (non-hydrogen) atoms. The Hall–Kier alpha value is -5.18. The zero-order valence-electron chi connectivity index (χ0n) is 27.7. The molecule has 2 saturated heterocycles. The van der Waals surface area contributed by atoms with Gasteiger partial charge in [0.1, 0.15) is 28.9 Å². The van der Waals surface area contributed by atoms with Crippen LogP contribution in [0, 0.1) is 0 Å². The van der Waals surface area contributed by atoms with Crippen LogP contribution in [0.1, 0.15) is 25.5 Å². The van der Waals surface area contributed by atoms with Crippen LogP contribution in [0.25, 0.3) is 0 Å². The normalized spacial score (nSPS) is 19.1. The summed E-state index contributed by atoms with van der Waals surface area (Å²) in [4.78, 5) is 91.7. The number of nitrogens with one attached hydrogen (secondary N) is 2. The van der Waals surface area contributed by atoms with Gasteiger partial charge in [-0.2, -0.15) is 0 Å². The van der Waals surface area contributed by atoms with Crippen molar-refractivity contribution in [2.75, 3.05) is 45.2 Å². The first-order valence-electron chi connectivity index (χ1n) is 15.1. The van der Waals surface area contributed by atoms with Gasteiger partial charge in [0.15, 0.2) is 0 Å². The van der Waals surface area contributed by atoms with E-state index in [1.165, 1.54) is 69.2 Å². The van der Waals surface area contributed by atoms with Crippen LogP contribution in [0.3, 0.4) is 0 Å². The predicted molar refractivity (Wildman–Crippen MR) is 177 cm³/mol. The van der Waals surface area contributed by atoms with E-state index in [9.17, 15) is 43.8 Å². The van der Waals surface area contributed by atoms with Crippen LogP contribution in [0.2, 0.25) is 0 Å². The molecule has 0 spiro atoms. The summed E-state index contributed by atoms with van der Waals surface area (Å²) in [5.74, 6) is -4.17. The fourth-order valence-corrected chi connectivity index (χ4v) is 7.20. The third kappa shape index (κ3) is 8.16. The molecule has 268 valence electrons. The molecule has 0 aliphatic carbocycles. The van der Waals surface area contributed by atoms with Gasteiger partial charge >= 0.3 is 23.8 Å². The van der Waals surface area contributed by atoms with Crippen LogP contribution in [0.5, 0.6) is 5.75 Å². The lowest BCUT2D eigenvalue weighted by Gasteiger charge is -2.49. The van der Waals surface area contributed by atoms with Crippen molar-refractivity contribution >= 4 is 65.1 Å². The predicted octanol–water partition coefficient (Wildman–Crippen LogP) is -1.02. The van der Waals surface area contributed by atoms with Crippen LogP contribution >= 0.6 is 23.5 Å². The van der Waals surface area contributed by atoms with E-state index in [1.807, 2.05) is 0 Å². The number of fused-ring (bicyclic) bond motifs is 1. The minimum Gasteiger partial charge on any atom is -0.508 e. The highest BCUT2D eigenvalue weighted by Crippen LogP contribution is 2.41. The molecule has 3 atom stereocenters. The molecule has 5 rings (SSSR count). The first-order valence-corrected chi connectivity index (χ1v) is 17.1. The number of phenolic OH excluding ortho intramolecular Hbond substituents is 1. The number of β-lactam (4-membered cyclic amide) rings is 1. The smallest absolute Gasteiger partial charge is 0.352 e. The lowest BCUT2D eigenvalue weighted by molar-refractivity contribution is -0.153. The molecule has 0 saturated carbocycles. The topological polar surface area (TPSA) is 241 Å². The van der Waals surface area contributed by atoms with E-state index < -0.39 is 53.1 Å². The third-order valence-electron chi connectivity index (χ3n) is 7.83. The van der Waals surface area contributed by atoms with Crippen molar-refractivity contribution in [3.63, 3.8) is 0 Å². The van der Waals surface area contributed by atoms with E-state index >= 15 is 0 Å². The molecule has 4 heterocycles. The number of aromatic hydroxyl groups is 1. The van der Waals surface area contributed by atoms with Crippen LogP contribution in [-0.4, -0.2) is 148 Å². The van der Waals surface area contributed by atoms with Gasteiger partial charge in [-0.1, -0.05) is 23.9 Å². The molecule has 19 nitrogen and oxygen atoms in total. The Bertz CT molecular complexity index is 1710. The van der Waals surface area contributed by atoms with Crippen LogP contribution in [0.15, 0.2) is 40.7 Å². The monoisotopic (exact) mass is 732 g/mol. The number of imide groups is 1. The second-order valence-electron chi connectivity index (χ2n) is 11.3. The Labute approximate surface area is 294 Å². The van der Waals surface area contributed by atoms with Crippen LogP contribution in [0.4, 0.5) is 4.79 Å². The number of aliphatic carboxylic acids is 1. The number of phenols is 1. The summed E-state index contributed by atoms with van der Waals surface area (Å²) in [6, 6.07) is 1.84. The molecule has 1 aromatic carbocycles. The summed E-state index contributed by atoms with van der Waals surface area (Å²) < 4.78 is 1.44. The van der Waals surface area contributed by atoms with E-state index in [2.05, 4.69) is 26.2 Å². The molecule has 2 aromatic rings. The molecule has 21 heteroatoms. The number of rotatable bonds is 9. The Morgan fingerprint density at radius 1 is 1.10 bits per heavy atom. The van der Waals surface area contributed by atoms with Crippen LogP contribution < -0.4 is 10.6 Å². The van der Waals surface area contributed by atoms with E-state index in [-0.39, 0.29) is 47.5 Å². The number of urea groups is 1. The minimum absolute atomic E-state index is 0.0823. The minimum atomic E-state index is -1.42. The van der Waals surface area contributed by atoms with E-state index in [1.54, 1.807) is 28.1 Å². The quantitative estimate of drug-likeness (QED) is 0.137. The van der Waals surface area contributed by atoms with E-state index in [4.69, 9.17) is 0 Å². The largest absolute Gasteiger partial charge is 0.508 e. The van der Waals surface area contributed by atoms with Gasteiger partial charge in [-0.25, -0.2) is 14.3 Å². The fraction of sp³-hybridized carbons (Fsp3) is 0.448. The number of carboxylic acid groups (broad SMARTS) is 1. The number of likely N-dealkylation sites (N-methyl/N-ethyl adjacent to an activating group) is 1. The number of tetrazole rings is 1. The van der Waals surface area contributed by atoms with Gasteiger partial charge in [-0.3, -0.25) is 33.8 Å². The number of aromatic nitrogens is 4. The highest BCUT2D eigenvalue weighted by Gasteiger charge is 2.54. The van der Waals surface area contributed by atoms with Crippen molar-refractivity contribution in [1.82, 2.24) is 50.4 Å². The standard InChI is InChI=1S/C25H27N9O8S2.C4H9NO/c1-3-32-8-9-33(21(39)20(32)38)24(42)27-15(12-4-6-14(35)7-5-12)18(36)26-16-19(37)34-17(23(40)41)13(10-43-22(16)34)11-44-25-28-29-30-31(25)2;1-4(6)5(2)3/h4-7,15-16,22,35H,3,8-11H2,1-2H3,(H,26,36)(H,27,42)(H,40,41);1-3H3/t15-,16-,22-;/m1./s1. The van der Waals surface area contributed by atoms with Crippen molar-refractivity contribution in [3.05, 3.63) is 41.1 Å². The zero-order valence-corrected chi connectivity index (χ0v) is 29.4. The number of amides is 7. The lowest BCUT2D eigenvalue weighted by atomic mass is 10.0. The van der Waals surface area contributed by atoms with E-state index in [0.29, 0.717) is 22.2 Å². The maximum atomic E-state index is 13.6. The van der Waals surface area contributed by atoms with E-state index in [0.717, 1.165) is 4.90 Å². The van der Waals surface area contributed by atoms with Gasteiger partial charge in [-0.15, -0.1) is 16.9 Å². The summed E-state index contributed by atoms with van der Waals surface area (Å²) in [7, 11) is 5.09. The molecular weight excluding hydrogens is 697 g/mol. The summed E-state index contributed by atoms with van der Waals surface area (Å²) in [5, 5.41) is 35.6. The third-order valence-corrected chi connectivity index (χ3v) is 10.3. The van der Waals surface area contributed by atoms with Crippen molar-refractivity contribution < 1.29 is 43.8 Å². The number of hydrogen-bond donors (Lipinski definition) is 4. The average Bonchev–Trinajstić information content (AvgIpc) is 3.50. The first kappa shape index (κ1) is 37.6. The Morgan fingerprint density at radius 3 is 2.32 bits per heavy atom. The molecule has 1 aromatic heterocycles. The zero-order chi connectivity index (χ0) is 36.9. The number of carboxylic acids is 1. The van der Waals surface area contributed by atoms with Gasteiger partial charge < -0.3 is 30.6 Å². The van der Waals surface area contributed by atoms with Crippen molar-refractivity contribution in [1.29, 1.82) is 0 Å². The number of hydrogen-bond acceptors (Lipinski definition) is 13. The fourth-order valence-electron chi connectivity index (χ4n) is 4.86. The molecule has 3 aliphatic rings. The van der Waals surface area contributed by atoms with Crippen molar-refractivity contribution in [2.24, 2.45) is 7.05 Å². The highest BCUT2D eigenvalue weighted by molar-refractivity contribution is 8.01. The number of thioether (sulfide) groups is 2. The lowest BCUT2D eigenvalue weighted by Crippen LogP contribution is -2.71. The maximum Gasteiger partial charge on any atom is 0.352 e.